The molecule has 1 aromatic heterocycles. The second-order valence-corrected chi connectivity index (χ2v) is 8.33. The van der Waals surface area contributed by atoms with Gasteiger partial charge in [-0.1, -0.05) is 72.4 Å². The molecule has 1 aliphatic heterocycles. The summed E-state index contributed by atoms with van der Waals surface area (Å²) in [5.41, 5.74) is 2.11. The van der Waals surface area contributed by atoms with Gasteiger partial charge >= 0.3 is 0 Å². The van der Waals surface area contributed by atoms with Crippen molar-refractivity contribution < 1.29 is 9.53 Å². The minimum Gasteiger partial charge on any atom is -0.367 e. The van der Waals surface area contributed by atoms with E-state index in [0.717, 1.165) is 35.1 Å². The number of hydrogen-bond acceptors (Lipinski definition) is 5. The minimum absolute atomic E-state index is 0.0207. The normalized spacial score (nSPS) is 17.3. The van der Waals surface area contributed by atoms with E-state index in [0.29, 0.717) is 6.54 Å². The Morgan fingerprint density at radius 2 is 1.83 bits per heavy atom. The van der Waals surface area contributed by atoms with Crippen molar-refractivity contribution in [3.63, 3.8) is 0 Å². The summed E-state index contributed by atoms with van der Waals surface area (Å²) < 4.78 is 7.60. The first-order chi connectivity index (χ1) is 14.7. The SMILES string of the molecule is CO[C@H](C(=O)N1CCC[C@@H]1c1nnc(SCc2ccccc2)n1C)c1ccccc1. The lowest BCUT2D eigenvalue weighted by Crippen LogP contribution is -2.36. The molecule has 0 aliphatic carbocycles. The van der Waals surface area contributed by atoms with Crippen LogP contribution in [0.3, 0.4) is 0 Å². The number of carbonyl (C=O) groups is 1. The number of nitrogens with zero attached hydrogens (tertiary/aromatic N) is 4. The summed E-state index contributed by atoms with van der Waals surface area (Å²) in [5, 5.41) is 9.72. The Labute approximate surface area is 181 Å². The number of ether oxygens (including phenoxy) is 1. The predicted octanol–water partition coefficient (Wildman–Crippen LogP) is 4.16. The Morgan fingerprint density at radius 1 is 1.13 bits per heavy atom. The maximum atomic E-state index is 13.3. The standard InChI is InChI=1S/C23H26N4O2S/c1-26-21(24-25-23(26)30-16-17-10-5-3-6-11-17)19-14-9-15-27(19)22(28)20(29-2)18-12-7-4-8-13-18/h3-8,10-13,19-20H,9,14-16H2,1-2H3/t19-,20+/m1/s1. The van der Waals surface area contributed by atoms with Crippen LogP contribution in [-0.4, -0.2) is 39.2 Å². The van der Waals surface area contributed by atoms with Crippen molar-refractivity contribution in [2.75, 3.05) is 13.7 Å². The Hall–Kier alpha value is -2.64. The molecule has 1 aliphatic rings. The quantitative estimate of drug-likeness (QED) is 0.535. The molecular weight excluding hydrogens is 396 g/mol. The van der Waals surface area contributed by atoms with Crippen LogP contribution in [0.25, 0.3) is 0 Å². The van der Waals surface area contributed by atoms with E-state index in [9.17, 15) is 4.79 Å². The van der Waals surface area contributed by atoms with E-state index >= 15 is 0 Å². The molecule has 6 nitrogen and oxygen atoms in total. The van der Waals surface area contributed by atoms with Crippen LogP contribution < -0.4 is 0 Å². The van der Waals surface area contributed by atoms with Crippen molar-refractivity contribution in [1.29, 1.82) is 0 Å². The third kappa shape index (κ3) is 4.27. The Bertz CT molecular complexity index is 977. The van der Waals surface area contributed by atoms with Gasteiger partial charge in [-0.05, 0) is 24.0 Å². The number of amides is 1. The van der Waals surface area contributed by atoms with Gasteiger partial charge in [0.15, 0.2) is 17.1 Å². The van der Waals surface area contributed by atoms with Gasteiger partial charge < -0.3 is 14.2 Å². The zero-order valence-electron chi connectivity index (χ0n) is 17.3. The van der Waals surface area contributed by atoms with Crippen molar-refractivity contribution in [1.82, 2.24) is 19.7 Å². The number of aromatic nitrogens is 3. The summed E-state index contributed by atoms with van der Waals surface area (Å²) in [4.78, 5) is 15.2. The number of benzene rings is 2. The highest BCUT2D eigenvalue weighted by atomic mass is 32.2. The Balaban J connectivity index is 1.51. The fourth-order valence-electron chi connectivity index (χ4n) is 3.92. The van der Waals surface area contributed by atoms with Crippen LogP contribution in [0.4, 0.5) is 0 Å². The average Bonchev–Trinajstić information content (AvgIpc) is 3.40. The van der Waals surface area contributed by atoms with Crippen molar-refractivity contribution in [2.45, 2.75) is 35.9 Å². The maximum absolute atomic E-state index is 13.3. The zero-order valence-corrected chi connectivity index (χ0v) is 18.1. The highest BCUT2D eigenvalue weighted by molar-refractivity contribution is 7.98. The summed E-state index contributed by atoms with van der Waals surface area (Å²) in [7, 11) is 3.57. The van der Waals surface area contributed by atoms with Crippen LogP contribution in [0, 0.1) is 0 Å². The molecule has 30 heavy (non-hydrogen) atoms. The van der Waals surface area contributed by atoms with E-state index < -0.39 is 6.10 Å². The number of rotatable bonds is 7. The Kier molecular flexibility index (Phi) is 6.50. The van der Waals surface area contributed by atoms with E-state index in [1.54, 1.807) is 18.9 Å². The lowest BCUT2D eigenvalue weighted by atomic mass is 10.1. The molecule has 1 saturated heterocycles. The van der Waals surface area contributed by atoms with Gasteiger partial charge in [0.1, 0.15) is 0 Å². The van der Waals surface area contributed by atoms with Gasteiger partial charge in [0.2, 0.25) is 0 Å². The van der Waals surface area contributed by atoms with Crippen molar-refractivity contribution >= 4 is 17.7 Å². The van der Waals surface area contributed by atoms with E-state index in [1.165, 1.54) is 5.56 Å². The molecule has 0 radical (unpaired) electrons. The van der Waals surface area contributed by atoms with Gasteiger partial charge in [-0.3, -0.25) is 4.79 Å². The molecule has 2 atom stereocenters. The molecule has 1 amide bonds. The molecule has 4 rings (SSSR count). The summed E-state index contributed by atoms with van der Waals surface area (Å²) in [6, 6.07) is 19.9. The monoisotopic (exact) mass is 422 g/mol. The molecule has 2 aromatic carbocycles. The first-order valence-electron chi connectivity index (χ1n) is 10.1. The van der Waals surface area contributed by atoms with E-state index in [2.05, 4.69) is 22.3 Å². The van der Waals surface area contributed by atoms with Gasteiger partial charge in [0.25, 0.3) is 5.91 Å². The van der Waals surface area contributed by atoms with Crippen LogP contribution in [-0.2, 0) is 22.3 Å². The van der Waals surface area contributed by atoms with Gasteiger partial charge in [-0.2, -0.15) is 0 Å². The van der Waals surface area contributed by atoms with E-state index in [1.807, 2.05) is 65.0 Å². The van der Waals surface area contributed by atoms with E-state index in [-0.39, 0.29) is 11.9 Å². The highest BCUT2D eigenvalue weighted by Gasteiger charge is 2.37. The average molecular weight is 423 g/mol. The number of thioether (sulfide) groups is 1. The molecule has 2 heterocycles. The number of methoxy groups -OCH3 is 1. The summed E-state index contributed by atoms with van der Waals surface area (Å²) in [6.07, 6.45) is 1.22. The first kappa shape index (κ1) is 20.6. The predicted molar refractivity (Wildman–Crippen MR) is 117 cm³/mol. The van der Waals surface area contributed by atoms with Crippen LogP contribution >= 0.6 is 11.8 Å². The van der Waals surface area contributed by atoms with Crippen molar-refractivity contribution in [2.24, 2.45) is 7.05 Å². The van der Waals surface area contributed by atoms with Gasteiger partial charge in [-0.15, -0.1) is 10.2 Å². The third-order valence-electron chi connectivity index (χ3n) is 5.48. The molecule has 156 valence electrons. The van der Waals surface area contributed by atoms with Gasteiger partial charge in [0.05, 0.1) is 6.04 Å². The maximum Gasteiger partial charge on any atom is 0.256 e. The summed E-state index contributed by atoms with van der Waals surface area (Å²) >= 11 is 1.66. The minimum atomic E-state index is -0.605. The molecule has 0 spiro atoms. The first-order valence-corrected chi connectivity index (χ1v) is 11.1. The summed E-state index contributed by atoms with van der Waals surface area (Å²) in [6.45, 7) is 0.704. The fourth-order valence-corrected chi connectivity index (χ4v) is 4.79. The molecule has 0 saturated carbocycles. The summed E-state index contributed by atoms with van der Waals surface area (Å²) in [5.74, 6) is 1.65. The van der Waals surface area contributed by atoms with E-state index in [4.69, 9.17) is 4.74 Å². The fraction of sp³-hybridized carbons (Fsp3) is 0.348. The van der Waals surface area contributed by atoms with Gasteiger partial charge in [-0.25, -0.2) is 0 Å². The topological polar surface area (TPSA) is 60.2 Å². The lowest BCUT2D eigenvalue weighted by Gasteiger charge is -2.28. The molecule has 0 unspecified atom stereocenters. The number of hydrogen-bond donors (Lipinski definition) is 0. The largest absolute Gasteiger partial charge is 0.367 e. The molecule has 3 aromatic rings. The smallest absolute Gasteiger partial charge is 0.256 e. The second-order valence-electron chi connectivity index (χ2n) is 7.39. The van der Waals surface area contributed by atoms with Crippen LogP contribution in [0.2, 0.25) is 0 Å². The third-order valence-corrected chi connectivity index (χ3v) is 6.57. The zero-order chi connectivity index (χ0) is 20.9. The Morgan fingerprint density at radius 3 is 2.53 bits per heavy atom. The lowest BCUT2D eigenvalue weighted by molar-refractivity contribution is -0.143. The number of carbonyl (C=O) groups excluding carboxylic acids is 1. The number of likely N-dealkylation sites (tertiary alicyclic amines) is 1. The molecule has 0 N–H and O–H groups in total. The highest BCUT2D eigenvalue weighted by Crippen LogP contribution is 2.35. The van der Waals surface area contributed by atoms with Crippen LogP contribution in [0.1, 0.15) is 41.9 Å². The molecular formula is C23H26N4O2S. The van der Waals surface area contributed by atoms with Crippen LogP contribution in [0.15, 0.2) is 65.8 Å². The molecule has 0 bridgehead atoms. The molecule has 1 fully saturated rings. The van der Waals surface area contributed by atoms with Crippen molar-refractivity contribution in [3.05, 3.63) is 77.6 Å². The van der Waals surface area contributed by atoms with Gasteiger partial charge in [0, 0.05) is 26.5 Å². The van der Waals surface area contributed by atoms with Crippen LogP contribution in [0.5, 0.6) is 0 Å². The second kappa shape index (κ2) is 9.45. The molecule has 7 heteroatoms. The van der Waals surface area contributed by atoms with Crippen molar-refractivity contribution in [3.8, 4) is 0 Å².